The highest BCUT2D eigenvalue weighted by Crippen LogP contribution is 2.41. The molecule has 1 aromatic rings. The van der Waals surface area contributed by atoms with Gasteiger partial charge in [0.05, 0.1) is 26.2 Å². The van der Waals surface area contributed by atoms with E-state index < -0.39 is 68.8 Å². The van der Waals surface area contributed by atoms with E-state index >= 15 is 0 Å². The summed E-state index contributed by atoms with van der Waals surface area (Å²) in [6.45, 7) is 0. The summed E-state index contributed by atoms with van der Waals surface area (Å²) in [6.07, 6.45) is -0.0424. The molecule has 150 valence electrons. The van der Waals surface area contributed by atoms with Gasteiger partial charge < -0.3 is 5.32 Å². The van der Waals surface area contributed by atoms with Crippen molar-refractivity contribution in [3.05, 3.63) is 32.4 Å². The van der Waals surface area contributed by atoms with Gasteiger partial charge in [0.2, 0.25) is 0 Å². The molecule has 0 aliphatic carbocycles. The molecule has 1 atom stereocenters. The molecule has 0 radical (unpaired) electrons. The van der Waals surface area contributed by atoms with Crippen LogP contribution in [0.5, 0.6) is 0 Å². The molecule has 1 aliphatic heterocycles. The van der Waals surface area contributed by atoms with Crippen LogP contribution in [0, 0.1) is 20.2 Å². The van der Waals surface area contributed by atoms with E-state index in [-0.39, 0.29) is 24.3 Å². The van der Waals surface area contributed by atoms with Crippen LogP contribution in [0.4, 0.5) is 30.2 Å². The summed E-state index contributed by atoms with van der Waals surface area (Å²) in [7, 11) is -9.56. The molecule has 0 saturated carbocycles. The zero-order valence-corrected chi connectivity index (χ0v) is 14.6. The van der Waals surface area contributed by atoms with Crippen LogP contribution < -0.4 is 5.32 Å². The number of sulfone groups is 2. The summed E-state index contributed by atoms with van der Waals surface area (Å²) in [4.78, 5) is 18.1. The minimum Gasteiger partial charge on any atom is -0.370 e. The molecule has 27 heavy (non-hydrogen) atoms. The fourth-order valence-corrected chi connectivity index (χ4v) is 4.90. The zero-order chi connectivity index (χ0) is 20.8. The number of hydrogen-bond donors (Lipinski definition) is 1. The van der Waals surface area contributed by atoms with Gasteiger partial charge >= 0.3 is 16.9 Å². The SMILES string of the molecule is O=[N+]([O-])c1cc(S(=O)(=O)C(F)(F)F)cc([N+](=O)[O-])c1NC1CCS(=O)(=O)C1. The lowest BCUT2D eigenvalue weighted by molar-refractivity contribution is -0.392. The third kappa shape index (κ3) is 4.10. The highest BCUT2D eigenvalue weighted by atomic mass is 32.2. The molecule has 1 saturated heterocycles. The van der Waals surface area contributed by atoms with Crippen molar-refractivity contribution >= 4 is 36.7 Å². The summed E-state index contributed by atoms with van der Waals surface area (Å²) in [5, 5.41) is 24.6. The summed E-state index contributed by atoms with van der Waals surface area (Å²) in [6, 6.07) is -0.874. The van der Waals surface area contributed by atoms with Crippen molar-refractivity contribution in [1.82, 2.24) is 0 Å². The Morgan fingerprint density at radius 2 is 1.59 bits per heavy atom. The highest BCUT2D eigenvalue weighted by Gasteiger charge is 2.48. The first-order valence-electron chi connectivity index (χ1n) is 6.91. The van der Waals surface area contributed by atoms with E-state index in [0.717, 1.165) is 0 Å². The van der Waals surface area contributed by atoms with Crippen molar-refractivity contribution in [3.8, 4) is 0 Å². The first-order chi connectivity index (χ1) is 12.2. The average Bonchev–Trinajstić information content (AvgIpc) is 2.84. The molecular formula is C11H10F3N3O8S2. The monoisotopic (exact) mass is 433 g/mol. The standard InChI is InChI=1S/C11H10F3N3O8S2/c12-11(13,14)27(24,25)7-3-8(16(18)19)10(9(4-7)17(20)21)15-6-1-2-26(22,23)5-6/h3-4,6,15H,1-2,5H2. The second kappa shape index (κ2) is 6.59. The highest BCUT2D eigenvalue weighted by molar-refractivity contribution is 7.92. The van der Waals surface area contributed by atoms with Crippen molar-refractivity contribution in [1.29, 1.82) is 0 Å². The first-order valence-corrected chi connectivity index (χ1v) is 10.2. The van der Waals surface area contributed by atoms with Gasteiger partial charge in [-0.05, 0) is 6.42 Å². The molecule has 1 unspecified atom stereocenters. The third-order valence-corrected chi connectivity index (χ3v) is 6.89. The van der Waals surface area contributed by atoms with Crippen LogP contribution in [0.2, 0.25) is 0 Å². The number of nitrogens with one attached hydrogen (secondary N) is 1. The number of anilines is 1. The van der Waals surface area contributed by atoms with Crippen molar-refractivity contribution in [3.63, 3.8) is 0 Å². The lowest BCUT2D eigenvalue weighted by Crippen LogP contribution is -2.25. The van der Waals surface area contributed by atoms with Gasteiger partial charge in [-0.2, -0.15) is 13.2 Å². The maximum Gasteiger partial charge on any atom is 0.501 e. The van der Waals surface area contributed by atoms with E-state index in [1.165, 1.54) is 0 Å². The van der Waals surface area contributed by atoms with Gasteiger partial charge in [0.1, 0.15) is 0 Å². The lowest BCUT2D eigenvalue weighted by atomic mass is 10.2. The first kappa shape index (κ1) is 20.8. The predicted octanol–water partition coefficient (Wildman–Crippen LogP) is 1.40. The van der Waals surface area contributed by atoms with Gasteiger partial charge in [-0.1, -0.05) is 0 Å². The van der Waals surface area contributed by atoms with Gasteiger partial charge in [0.15, 0.2) is 15.5 Å². The normalized spacial score (nSPS) is 19.6. The Balaban J connectivity index is 2.67. The fraction of sp³-hybridized carbons (Fsp3) is 0.455. The Labute approximate surface area is 149 Å². The van der Waals surface area contributed by atoms with Crippen molar-refractivity contribution in [2.75, 3.05) is 16.8 Å². The molecule has 0 amide bonds. The molecule has 1 heterocycles. The molecule has 16 heteroatoms. The minimum absolute atomic E-state index is 0.0424. The van der Waals surface area contributed by atoms with Gasteiger partial charge in [-0.25, -0.2) is 16.8 Å². The maximum atomic E-state index is 12.7. The molecule has 1 N–H and O–H groups in total. The Kier molecular flexibility index (Phi) is 5.08. The van der Waals surface area contributed by atoms with Gasteiger partial charge in [-0.3, -0.25) is 20.2 Å². The van der Waals surface area contributed by atoms with Crippen LogP contribution in [0.1, 0.15) is 6.42 Å². The summed E-state index contributed by atoms with van der Waals surface area (Å²) < 4.78 is 83.9. The van der Waals surface area contributed by atoms with Gasteiger partial charge in [0.25, 0.3) is 9.84 Å². The van der Waals surface area contributed by atoms with Crippen LogP contribution in [-0.2, 0) is 19.7 Å². The van der Waals surface area contributed by atoms with Crippen molar-refractivity contribution in [2.45, 2.75) is 22.9 Å². The van der Waals surface area contributed by atoms with E-state index in [1.54, 1.807) is 0 Å². The van der Waals surface area contributed by atoms with E-state index in [0.29, 0.717) is 0 Å². The smallest absolute Gasteiger partial charge is 0.370 e. The number of nitrogens with zero attached hydrogens (tertiary/aromatic N) is 2. The molecule has 0 bridgehead atoms. The van der Waals surface area contributed by atoms with E-state index in [1.807, 2.05) is 0 Å². The maximum absolute atomic E-state index is 12.7. The summed E-state index contributed by atoms with van der Waals surface area (Å²) in [5.74, 6) is -0.781. The third-order valence-electron chi connectivity index (χ3n) is 3.66. The van der Waals surface area contributed by atoms with Crippen LogP contribution in [0.25, 0.3) is 0 Å². The number of nitro benzene ring substituents is 2. The topological polar surface area (TPSA) is 167 Å². The second-order valence-electron chi connectivity index (χ2n) is 5.54. The van der Waals surface area contributed by atoms with E-state index in [9.17, 15) is 50.2 Å². The van der Waals surface area contributed by atoms with E-state index in [4.69, 9.17) is 0 Å². The van der Waals surface area contributed by atoms with Crippen LogP contribution in [-0.4, -0.2) is 49.7 Å². The fourth-order valence-electron chi connectivity index (χ4n) is 2.42. The summed E-state index contributed by atoms with van der Waals surface area (Å²) >= 11 is 0. The Bertz CT molecular complexity index is 985. The van der Waals surface area contributed by atoms with Crippen LogP contribution in [0.3, 0.4) is 0 Å². The van der Waals surface area contributed by atoms with Gasteiger partial charge in [0, 0.05) is 18.2 Å². The largest absolute Gasteiger partial charge is 0.501 e. The molecule has 2 rings (SSSR count). The number of benzene rings is 1. The number of halogens is 3. The molecule has 0 spiro atoms. The number of alkyl halides is 3. The molecule has 1 aliphatic rings. The molecular weight excluding hydrogens is 423 g/mol. The lowest BCUT2D eigenvalue weighted by Gasteiger charge is -2.14. The Morgan fingerprint density at radius 1 is 1.11 bits per heavy atom. The van der Waals surface area contributed by atoms with Crippen molar-refractivity contribution < 1.29 is 39.9 Å². The number of nitro groups is 2. The minimum atomic E-state index is -6.08. The second-order valence-corrected chi connectivity index (χ2v) is 9.71. The van der Waals surface area contributed by atoms with E-state index in [2.05, 4.69) is 5.32 Å². The summed E-state index contributed by atoms with van der Waals surface area (Å²) in [5.41, 5.74) is -9.29. The molecule has 1 fully saturated rings. The predicted molar refractivity (Wildman–Crippen MR) is 83.7 cm³/mol. The van der Waals surface area contributed by atoms with Crippen LogP contribution in [0.15, 0.2) is 17.0 Å². The van der Waals surface area contributed by atoms with Crippen LogP contribution >= 0.6 is 0 Å². The number of hydrogen-bond acceptors (Lipinski definition) is 9. The average molecular weight is 433 g/mol. The number of rotatable bonds is 5. The Morgan fingerprint density at radius 3 is 1.93 bits per heavy atom. The Hall–Kier alpha value is -2.49. The molecule has 11 nitrogen and oxygen atoms in total. The van der Waals surface area contributed by atoms with Gasteiger partial charge in [-0.15, -0.1) is 0 Å². The van der Waals surface area contributed by atoms with Crippen molar-refractivity contribution in [2.24, 2.45) is 0 Å². The quantitative estimate of drug-likeness (QED) is 0.533. The molecule has 0 aromatic heterocycles. The zero-order valence-electron chi connectivity index (χ0n) is 13.0. The molecule has 1 aromatic carbocycles.